The molecule has 1 aromatic carbocycles. The summed E-state index contributed by atoms with van der Waals surface area (Å²) in [6.07, 6.45) is 2.13. The van der Waals surface area contributed by atoms with Gasteiger partial charge in [0, 0.05) is 5.56 Å². The van der Waals surface area contributed by atoms with Crippen LogP contribution in [-0.2, 0) is 12.8 Å². The molecule has 1 aromatic heterocycles. The molecule has 0 radical (unpaired) electrons. The van der Waals surface area contributed by atoms with Crippen molar-refractivity contribution >= 4 is 5.82 Å². The Bertz CT molecular complexity index is 518. The number of nitrogens with zero attached hydrogens (tertiary/aromatic N) is 1. The minimum atomic E-state index is 0.570. The van der Waals surface area contributed by atoms with Crippen molar-refractivity contribution in [1.29, 1.82) is 0 Å². The smallest absolute Gasteiger partial charge is 0.124 e. The Kier molecular flexibility index (Phi) is 3.43. The molecule has 0 amide bonds. The predicted molar refractivity (Wildman–Crippen MR) is 72.8 cm³/mol. The minimum absolute atomic E-state index is 0.570. The van der Waals surface area contributed by atoms with Crippen molar-refractivity contribution in [3.05, 3.63) is 47.5 Å². The molecule has 0 aliphatic carbocycles. The third-order valence-electron chi connectivity index (χ3n) is 3.03. The Labute approximate surface area is 103 Å². The SMILES string of the molecule is CCc1ccc(-c2cccc(N)n2)cc1CC. The van der Waals surface area contributed by atoms with Gasteiger partial charge in [0.1, 0.15) is 5.82 Å². The van der Waals surface area contributed by atoms with E-state index in [1.165, 1.54) is 11.1 Å². The number of pyridine rings is 1. The van der Waals surface area contributed by atoms with Gasteiger partial charge in [-0.1, -0.05) is 32.0 Å². The van der Waals surface area contributed by atoms with Crippen LogP contribution >= 0.6 is 0 Å². The fourth-order valence-electron chi connectivity index (χ4n) is 2.07. The largest absolute Gasteiger partial charge is 0.384 e. The lowest BCUT2D eigenvalue weighted by Crippen LogP contribution is -1.94. The first-order valence-corrected chi connectivity index (χ1v) is 6.09. The zero-order valence-corrected chi connectivity index (χ0v) is 10.4. The summed E-state index contributed by atoms with van der Waals surface area (Å²) >= 11 is 0. The number of aryl methyl sites for hydroxylation is 2. The van der Waals surface area contributed by atoms with Crippen LogP contribution in [0.5, 0.6) is 0 Å². The average molecular weight is 226 g/mol. The van der Waals surface area contributed by atoms with Crippen LogP contribution in [0.25, 0.3) is 11.3 Å². The Morgan fingerprint density at radius 3 is 2.41 bits per heavy atom. The van der Waals surface area contributed by atoms with Crippen molar-refractivity contribution in [2.45, 2.75) is 26.7 Å². The molecule has 88 valence electrons. The zero-order chi connectivity index (χ0) is 12.3. The van der Waals surface area contributed by atoms with Gasteiger partial charge in [-0.3, -0.25) is 0 Å². The highest BCUT2D eigenvalue weighted by Gasteiger charge is 2.04. The average Bonchev–Trinajstić information content (AvgIpc) is 2.38. The topological polar surface area (TPSA) is 38.9 Å². The Balaban J connectivity index is 2.46. The summed E-state index contributed by atoms with van der Waals surface area (Å²) in [7, 11) is 0. The molecular weight excluding hydrogens is 208 g/mol. The molecule has 0 aliphatic rings. The molecule has 2 nitrogen and oxygen atoms in total. The molecule has 2 heteroatoms. The monoisotopic (exact) mass is 226 g/mol. The molecule has 0 spiro atoms. The second-order valence-corrected chi connectivity index (χ2v) is 4.14. The van der Waals surface area contributed by atoms with Gasteiger partial charge in [0.25, 0.3) is 0 Å². The van der Waals surface area contributed by atoms with Crippen molar-refractivity contribution in [2.75, 3.05) is 5.73 Å². The molecule has 0 atom stereocenters. The van der Waals surface area contributed by atoms with Gasteiger partial charge in [-0.25, -0.2) is 4.98 Å². The normalized spacial score (nSPS) is 10.5. The first-order valence-electron chi connectivity index (χ1n) is 6.09. The molecule has 17 heavy (non-hydrogen) atoms. The highest BCUT2D eigenvalue weighted by molar-refractivity contribution is 5.62. The van der Waals surface area contributed by atoms with E-state index >= 15 is 0 Å². The predicted octanol–water partition coefficient (Wildman–Crippen LogP) is 3.46. The molecule has 2 N–H and O–H groups in total. The molecule has 2 aromatic rings. The summed E-state index contributed by atoms with van der Waals surface area (Å²) in [6, 6.07) is 12.3. The van der Waals surface area contributed by atoms with E-state index in [4.69, 9.17) is 5.73 Å². The van der Waals surface area contributed by atoms with E-state index in [-0.39, 0.29) is 0 Å². The van der Waals surface area contributed by atoms with Crippen LogP contribution in [0, 0.1) is 0 Å². The maximum Gasteiger partial charge on any atom is 0.124 e. The second-order valence-electron chi connectivity index (χ2n) is 4.14. The molecule has 0 unspecified atom stereocenters. The summed E-state index contributed by atoms with van der Waals surface area (Å²) in [6.45, 7) is 4.37. The quantitative estimate of drug-likeness (QED) is 0.870. The second kappa shape index (κ2) is 5.00. The number of aromatic nitrogens is 1. The van der Waals surface area contributed by atoms with Crippen molar-refractivity contribution < 1.29 is 0 Å². The maximum atomic E-state index is 5.71. The van der Waals surface area contributed by atoms with Gasteiger partial charge < -0.3 is 5.73 Å². The number of anilines is 1. The number of rotatable bonds is 3. The summed E-state index contributed by atoms with van der Waals surface area (Å²) < 4.78 is 0. The van der Waals surface area contributed by atoms with Gasteiger partial charge in [0.15, 0.2) is 0 Å². The Hall–Kier alpha value is -1.83. The van der Waals surface area contributed by atoms with E-state index in [9.17, 15) is 0 Å². The van der Waals surface area contributed by atoms with Gasteiger partial charge in [-0.2, -0.15) is 0 Å². The van der Waals surface area contributed by atoms with Crippen LogP contribution in [0.4, 0.5) is 5.82 Å². The number of nitrogen functional groups attached to an aromatic ring is 1. The van der Waals surface area contributed by atoms with E-state index in [1.54, 1.807) is 0 Å². The van der Waals surface area contributed by atoms with E-state index in [1.807, 2.05) is 18.2 Å². The standard InChI is InChI=1S/C15H18N2/c1-3-11-8-9-13(10-12(11)4-2)14-6-5-7-15(16)17-14/h5-10H,3-4H2,1-2H3,(H2,16,17). The van der Waals surface area contributed by atoms with Crippen molar-refractivity contribution in [3.8, 4) is 11.3 Å². The number of benzene rings is 1. The van der Waals surface area contributed by atoms with E-state index in [2.05, 4.69) is 37.0 Å². The third kappa shape index (κ3) is 2.47. The minimum Gasteiger partial charge on any atom is -0.384 e. The number of hydrogen-bond donors (Lipinski definition) is 1. The Morgan fingerprint density at radius 1 is 1.00 bits per heavy atom. The van der Waals surface area contributed by atoms with Gasteiger partial charge in [0.2, 0.25) is 0 Å². The van der Waals surface area contributed by atoms with Crippen LogP contribution < -0.4 is 5.73 Å². The highest BCUT2D eigenvalue weighted by atomic mass is 14.8. The molecule has 0 saturated heterocycles. The fraction of sp³-hybridized carbons (Fsp3) is 0.267. The lowest BCUT2D eigenvalue weighted by molar-refractivity contribution is 1.04. The van der Waals surface area contributed by atoms with Crippen molar-refractivity contribution in [1.82, 2.24) is 4.98 Å². The van der Waals surface area contributed by atoms with Gasteiger partial charge in [0.05, 0.1) is 5.69 Å². The van der Waals surface area contributed by atoms with Crippen LogP contribution in [-0.4, -0.2) is 4.98 Å². The summed E-state index contributed by atoms with van der Waals surface area (Å²) in [5, 5.41) is 0. The molecule has 2 rings (SSSR count). The summed E-state index contributed by atoms with van der Waals surface area (Å²) in [5.74, 6) is 0.570. The van der Waals surface area contributed by atoms with Crippen molar-refractivity contribution in [2.24, 2.45) is 0 Å². The molecule has 0 aliphatic heterocycles. The van der Waals surface area contributed by atoms with Gasteiger partial charge in [-0.15, -0.1) is 0 Å². The summed E-state index contributed by atoms with van der Waals surface area (Å²) in [5.41, 5.74) is 10.6. The molecule has 0 fully saturated rings. The summed E-state index contributed by atoms with van der Waals surface area (Å²) in [4.78, 5) is 4.35. The fourth-order valence-corrected chi connectivity index (χ4v) is 2.07. The van der Waals surface area contributed by atoms with E-state index in [0.29, 0.717) is 5.82 Å². The van der Waals surface area contributed by atoms with E-state index in [0.717, 1.165) is 24.1 Å². The molecular formula is C15H18N2. The molecule has 0 bridgehead atoms. The van der Waals surface area contributed by atoms with Crippen LogP contribution in [0.15, 0.2) is 36.4 Å². The van der Waals surface area contributed by atoms with Crippen molar-refractivity contribution in [3.63, 3.8) is 0 Å². The number of hydrogen-bond acceptors (Lipinski definition) is 2. The van der Waals surface area contributed by atoms with E-state index < -0.39 is 0 Å². The lowest BCUT2D eigenvalue weighted by Gasteiger charge is -2.09. The van der Waals surface area contributed by atoms with Crippen LogP contribution in [0.1, 0.15) is 25.0 Å². The first kappa shape index (κ1) is 11.6. The Morgan fingerprint density at radius 2 is 1.76 bits per heavy atom. The van der Waals surface area contributed by atoms with Crippen LogP contribution in [0.2, 0.25) is 0 Å². The maximum absolute atomic E-state index is 5.71. The van der Waals surface area contributed by atoms with Crippen LogP contribution in [0.3, 0.4) is 0 Å². The van der Waals surface area contributed by atoms with Gasteiger partial charge >= 0.3 is 0 Å². The number of nitrogens with two attached hydrogens (primary N) is 1. The zero-order valence-electron chi connectivity index (χ0n) is 10.4. The molecule has 1 heterocycles. The third-order valence-corrected chi connectivity index (χ3v) is 3.03. The lowest BCUT2D eigenvalue weighted by atomic mass is 9.98. The first-order chi connectivity index (χ1) is 8.24. The highest BCUT2D eigenvalue weighted by Crippen LogP contribution is 2.22. The molecule has 0 saturated carbocycles. The van der Waals surface area contributed by atoms with Gasteiger partial charge in [-0.05, 0) is 42.2 Å².